The molecule has 25 heavy (non-hydrogen) atoms. The number of hydrogen-bond donors (Lipinski definition) is 1. The lowest BCUT2D eigenvalue weighted by molar-refractivity contribution is -0.160. The van der Waals surface area contributed by atoms with Gasteiger partial charge in [-0.1, -0.05) is 6.92 Å². The second kappa shape index (κ2) is 8.65. The summed E-state index contributed by atoms with van der Waals surface area (Å²) in [6, 6.07) is 0. The Bertz CT molecular complexity index is 506. The first-order valence-electron chi connectivity index (χ1n) is 9.22. The first-order chi connectivity index (χ1) is 11.9. The lowest BCUT2D eigenvalue weighted by atomic mass is 9.80. The number of methoxy groups -OCH3 is 1. The van der Waals surface area contributed by atoms with Crippen molar-refractivity contribution >= 4 is 17.8 Å². The molecule has 2 aliphatic rings. The van der Waals surface area contributed by atoms with E-state index >= 15 is 0 Å². The molecule has 7 nitrogen and oxygen atoms in total. The molecule has 2 aliphatic heterocycles. The van der Waals surface area contributed by atoms with Crippen LogP contribution >= 0.6 is 0 Å². The standard InChI is InChI=1S/C18H30N2O5/c1-3-6-15(21)19-9-4-7-14(11-19)16(22)20-10-5-8-18(12-20,13-25-2)17(23)24/h14H,3-13H2,1-2H3,(H,23,24). The number of carboxylic acid groups (broad SMARTS) is 1. The molecule has 0 bridgehead atoms. The molecule has 0 aliphatic carbocycles. The fourth-order valence-electron chi connectivity index (χ4n) is 3.99. The van der Waals surface area contributed by atoms with E-state index in [0.717, 1.165) is 19.3 Å². The highest BCUT2D eigenvalue weighted by Gasteiger charge is 2.45. The van der Waals surface area contributed by atoms with E-state index in [1.807, 2.05) is 6.92 Å². The van der Waals surface area contributed by atoms with Crippen molar-refractivity contribution in [1.29, 1.82) is 0 Å². The van der Waals surface area contributed by atoms with Gasteiger partial charge in [-0.2, -0.15) is 0 Å². The Morgan fingerprint density at radius 2 is 1.92 bits per heavy atom. The molecule has 2 heterocycles. The number of aliphatic carboxylic acids is 1. The first kappa shape index (κ1) is 19.7. The minimum atomic E-state index is -1.02. The van der Waals surface area contributed by atoms with Crippen LogP contribution in [0.3, 0.4) is 0 Å². The van der Waals surface area contributed by atoms with Crippen molar-refractivity contribution in [3.63, 3.8) is 0 Å². The molecule has 2 amide bonds. The van der Waals surface area contributed by atoms with Gasteiger partial charge in [0.1, 0.15) is 5.41 Å². The molecule has 7 heteroatoms. The summed E-state index contributed by atoms with van der Waals surface area (Å²) >= 11 is 0. The molecule has 2 rings (SSSR count). The molecule has 0 aromatic carbocycles. The van der Waals surface area contributed by atoms with Crippen LogP contribution in [0.1, 0.15) is 45.4 Å². The van der Waals surface area contributed by atoms with E-state index in [9.17, 15) is 19.5 Å². The van der Waals surface area contributed by atoms with Crippen LogP contribution in [0.2, 0.25) is 0 Å². The zero-order valence-corrected chi connectivity index (χ0v) is 15.3. The van der Waals surface area contributed by atoms with E-state index in [2.05, 4.69) is 0 Å². The minimum absolute atomic E-state index is 0.0181. The van der Waals surface area contributed by atoms with Gasteiger partial charge in [-0.15, -0.1) is 0 Å². The number of amides is 2. The summed E-state index contributed by atoms with van der Waals surface area (Å²) in [4.78, 5) is 40.3. The predicted molar refractivity (Wildman–Crippen MR) is 92.0 cm³/mol. The summed E-state index contributed by atoms with van der Waals surface area (Å²) in [5.41, 5.74) is -1.02. The Hall–Kier alpha value is -1.63. The molecule has 1 N–H and O–H groups in total. The van der Waals surface area contributed by atoms with Crippen molar-refractivity contribution in [1.82, 2.24) is 9.80 Å². The molecular formula is C18H30N2O5. The average molecular weight is 354 g/mol. The Labute approximate surface area is 149 Å². The third-order valence-corrected chi connectivity index (χ3v) is 5.35. The SMILES string of the molecule is CCCC(=O)N1CCCC(C(=O)N2CCCC(COC)(C(=O)O)C2)C1. The van der Waals surface area contributed by atoms with Gasteiger partial charge < -0.3 is 19.6 Å². The summed E-state index contributed by atoms with van der Waals surface area (Å²) in [5.74, 6) is -1.04. The van der Waals surface area contributed by atoms with Crippen LogP contribution in [0.4, 0.5) is 0 Å². The molecule has 0 aromatic rings. The van der Waals surface area contributed by atoms with Crippen LogP contribution in [-0.2, 0) is 19.1 Å². The second-order valence-corrected chi connectivity index (χ2v) is 7.31. The van der Waals surface area contributed by atoms with Crippen molar-refractivity contribution in [2.24, 2.45) is 11.3 Å². The van der Waals surface area contributed by atoms with E-state index < -0.39 is 11.4 Å². The van der Waals surface area contributed by atoms with Gasteiger partial charge in [0, 0.05) is 39.7 Å². The van der Waals surface area contributed by atoms with Crippen LogP contribution in [-0.4, -0.2) is 72.6 Å². The number of carbonyl (C=O) groups is 3. The fourth-order valence-corrected chi connectivity index (χ4v) is 3.99. The predicted octanol–water partition coefficient (Wildman–Crippen LogP) is 1.36. The van der Waals surface area contributed by atoms with Crippen LogP contribution in [0, 0.1) is 11.3 Å². The summed E-state index contributed by atoms with van der Waals surface area (Å²) < 4.78 is 5.12. The Morgan fingerprint density at radius 3 is 2.56 bits per heavy atom. The fraction of sp³-hybridized carbons (Fsp3) is 0.833. The maximum Gasteiger partial charge on any atom is 0.313 e. The van der Waals surface area contributed by atoms with Crippen molar-refractivity contribution < 1.29 is 24.2 Å². The highest BCUT2D eigenvalue weighted by Crippen LogP contribution is 2.32. The van der Waals surface area contributed by atoms with E-state index in [0.29, 0.717) is 38.9 Å². The van der Waals surface area contributed by atoms with Gasteiger partial charge in [-0.25, -0.2) is 0 Å². The van der Waals surface area contributed by atoms with Crippen LogP contribution in [0.15, 0.2) is 0 Å². The number of ether oxygens (including phenoxy) is 1. The molecule has 142 valence electrons. The largest absolute Gasteiger partial charge is 0.481 e. The Balaban J connectivity index is 2.03. The monoisotopic (exact) mass is 354 g/mol. The average Bonchev–Trinajstić information content (AvgIpc) is 2.61. The summed E-state index contributed by atoms with van der Waals surface area (Å²) in [6.45, 7) is 4.02. The van der Waals surface area contributed by atoms with E-state index in [1.54, 1.807) is 9.80 Å². The van der Waals surface area contributed by atoms with Crippen molar-refractivity contribution in [2.45, 2.75) is 45.4 Å². The molecule has 0 radical (unpaired) electrons. The maximum atomic E-state index is 12.9. The zero-order chi connectivity index (χ0) is 18.4. The molecule has 0 saturated carbocycles. The van der Waals surface area contributed by atoms with Gasteiger partial charge in [0.05, 0.1) is 12.5 Å². The van der Waals surface area contributed by atoms with Crippen LogP contribution in [0.25, 0.3) is 0 Å². The van der Waals surface area contributed by atoms with Gasteiger partial charge >= 0.3 is 5.97 Å². The smallest absolute Gasteiger partial charge is 0.313 e. The Morgan fingerprint density at radius 1 is 1.20 bits per heavy atom. The second-order valence-electron chi connectivity index (χ2n) is 7.31. The highest BCUT2D eigenvalue weighted by molar-refractivity contribution is 5.83. The molecular weight excluding hydrogens is 324 g/mol. The molecule has 0 spiro atoms. The van der Waals surface area contributed by atoms with E-state index in [-0.39, 0.29) is 30.9 Å². The number of nitrogens with zero attached hydrogens (tertiary/aromatic N) is 2. The van der Waals surface area contributed by atoms with Crippen molar-refractivity contribution in [3.05, 3.63) is 0 Å². The van der Waals surface area contributed by atoms with Gasteiger partial charge in [0.2, 0.25) is 11.8 Å². The third-order valence-electron chi connectivity index (χ3n) is 5.35. The van der Waals surface area contributed by atoms with E-state index in [4.69, 9.17) is 4.74 Å². The number of carbonyl (C=O) groups excluding carboxylic acids is 2. The molecule has 0 aromatic heterocycles. The molecule has 2 atom stereocenters. The van der Waals surface area contributed by atoms with Crippen molar-refractivity contribution in [2.75, 3.05) is 39.9 Å². The Kier molecular flexibility index (Phi) is 6.81. The number of piperidine rings is 2. The van der Waals surface area contributed by atoms with Crippen molar-refractivity contribution in [3.8, 4) is 0 Å². The van der Waals surface area contributed by atoms with Gasteiger partial charge in [-0.05, 0) is 32.1 Å². The quantitative estimate of drug-likeness (QED) is 0.778. The summed E-state index contributed by atoms with van der Waals surface area (Å²) in [7, 11) is 1.49. The van der Waals surface area contributed by atoms with Gasteiger partial charge in [-0.3, -0.25) is 14.4 Å². The minimum Gasteiger partial charge on any atom is -0.481 e. The summed E-state index contributed by atoms with van der Waals surface area (Å²) in [5, 5.41) is 9.63. The third kappa shape index (κ3) is 4.51. The number of likely N-dealkylation sites (tertiary alicyclic amines) is 2. The molecule has 2 saturated heterocycles. The van der Waals surface area contributed by atoms with Crippen LogP contribution in [0.5, 0.6) is 0 Å². The maximum absolute atomic E-state index is 12.9. The van der Waals surface area contributed by atoms with Gasteiger partial charge in [0.25, 0.3) is 0 Å². The highest BCUT2D eigenvalue weighted by atomic mass is 16.5. The lowest BCUT2D eigenvalue weighted by Crippen LogP contribution is -2.55. The summed E-state index contributed by atoms with van der Waals surface area (Å²) in [6.07, 6.45) is 4.08. The van der Waals surface area contributed by atoms with Crippen LogP contribution < -0.4 is 0 Å². The van der Waals surface area contributed by atoms with Gasteiger partial charge in [0.15, 0.2) is 0 Å². The number of carboxylic acids is 1. The normalized spacial score (nSPS) is 27.2. The zero-order valence-electron chi connectivity index (χ0n) is 15.3. The first-order valence-corrected chi connectivity index (χ1v) is 9.22. The molecule has 2 unspecified atom stereocenters. The topological polar surface area (TPSA) is 87.2 Å². The number of hydrogen-bond acceptors (Lipinski definition) is 4. The lowest BCUT2D eigenvalue weighted by Gasteiger charge is -2.42. The number of rotatable bonds is 6. The molecule has 2 fully saturated rings. The van der Waals surface area contributed by atoms with E-state index in [1.165, 1.54) is 7.11 Å².